The number of phenols is 1. The minimum Gasteiger partial charge on any atom is -0.508 e. The van der Waals surface area contributed by atoms with Gasteiger partial charge in [0.25, 0.3) is 5.91 Å². The topological polar surface area (TPSA) is 73.1 Å². The van der Waals surface area contributed by atoms with Crippen molar-refractivity contribution < 1.29 is 9.90 Å². The molecule has 2 aromatic carbocycles. The second kappa shape index (κ2) is 7.98. The predicted molar refractivity (Wildman–Crippen MR) is 95.5 cm³/mol. The van der Waals surface area contributed by atoms with Crippen LogP contribution >= 0.6 is 0 Å². The molecule has 1 unspecified atom stereocenters. The number of nitriles is 1. The molecule has 0 aliphatic carbocycles. The molecule has 0 spiro atoms. The van der Waals surface area contributed by atoms with Gasteiger partial charge in [0.15, 0.2) is 0 Å². The highest BCUT2D eigenvalue weighted by molar-refractivity contribution is 6.09. The number of nitrogens with one attached hydrogen (secondary N) is 1. The van der Waals surface area contributed by atoms with Crippen molar-refractivity contribution in [3.05, 3.63) is 65.2 Å². The van der Waals surface area contributed by atoms with Gasteiger partial charge in [0, 0.05) is 5.69 Å². The molecule has 0 aliphatic rings. The number of amides is 1. The number of phenolic OH excluding ortho intramolecular Hbond substituents is 1. The fraction of sp³-hybridized carbons (Fsp3) is 0.200. The zero-order chi connectivity index (χ0) is 17.5. The smallest absolute Gasteiger partial charge is 0.266 e. The van der Waals surface area contributed by atoms with Crippen molar-refractivity contribution in [2.75, 3.05) is 5.32 Å². The maximum absolute atomic E-state index is 12.2. The molecule has 1 amide bonds. The van der Waals surface area contributed by atoms with Gasteiger partial charge in [0.05, 0.1) is 0 Å². The Morgan fingerprint density at radius 3 is 2.58 bits per heavy atom. The summed E-state index contributed by atoms with van der Waals surface area (Å²) in [5.74, 6) is 0.0780. The Hall–Kier alpha value is -3.06. The van der Waals surface area contributed by atoms with Crippen molar-refractivity contribution in [1.29, 1.82) is 5.26 Å². The minimum atomic E-state index is -0.475. The molecule has 0 aromatic heterocycles. The summed E-state index contributed by atoms with van der Waals surface area (Å²) in [7, 11) is 0. The van der Waals surface area contributed by atoms with Crippen molar-refractivity contribution in [2.24, 2.45) is 0 Å². The molecule has 0 fully saturated rings. The molecular formula is C20H20N2O2. The molecule has 122 valence electrons. The van der Waals surface area contributed by atoms with Crippen molar-refractivity contribution >= 4 is 17.7 Å². The van der Waals surface area contributed by atoms with Crippen LogP contribution in [0.1, 0.15) is 37.3 Å². The molecule has 0 heterocycles. The maximum atomic E-state index is 12.2. The van der Waals surface area contributed by atoms with Crippen LogP contribution in [0.15, 0.2) is 54.1 Å². The number of carbonyl (C=O) groups is 1. The monoisotopic (exact) mass is 320 g/mol. The minimum absolute atomic E-state index is 0.0217. The number of aromatic hydroxyl groups is 1. The van der Waals surface area contributed by atoms with Crippen LogP contribution < -0.4 is 5.32 Å². The number of carbonyl (C=O) groups excluding carboxylic acids is 1. The van der Waals surface area contributed by atoms with E-state index in [1.807, 2.05) is 30.3 Å². The van der Waals surface area contributed by atoms with E-state index in [0.717, 1.165) is 6.42 Å². The van der Waals surface area contributed by atoms with Crippen molar-refractivity contribution in [3.63, 3.8) is 0 Å². The zero-order valence-corrected chi connectivity index (χ0v) is 13.8. The quantitative estimate of drug-likeness (QED) is 0.631. The lowest BCUT2D eigenvalue weighted by Crippen LogP contribution is -2.13. The van der Waals surface area contributed by atoms with Crippen LogP contribution in [0.5, 0.6) is 5.75 Å². The number of rotatable bonds is 5. The molecule has 2 rings (SSSR count). The number of benzene rings is 2. The van der Waals surface area contributed by atoms with E-state index in [4.69, 9.17) is 0 Å². The zero-order valence-electron chi connectivity index (χ0n) is 13.8. The van der Waals surface area contributed by atoms with Gasteiger partial charge in [-0.05, 0) is 53.8 Å². The van der Waals surface area contributed by atoms with Gasteiger partial charge in [-0.15, -0.1) is 0 Å². The highest BCUT2D eigenvalue weighted by atomic mass is 16.3. The molecule has 24 heavy (non-hydrogen) atoms. The van der Waals surface area contributed by atoms with Crippen LogP contribution in [0.3, 0.4) is 0 Å². The molecule has 2 N–H and O–H groups in total. The molecule has 2 aromatic rings. The number of nitrogens with zero attached hydrogens (tertiary/aromatic N) is 1. The Balaban J connectivity index is 2.14. The predicted octanol–water partition coefficient (Wildman–Crippen LogP) is 4.45. The van der Waals surface area contributed by atoms with Gasteiger partial charge in [0.2, 0.25) is 0 Å². The van der Waals surface area contributed by atoms with Crippen molar-refractivity contribution in [2.45, 2.75) is 26.2 Å². The second-order valence-electron chi connectivity index (χ2n) is 5.65. The molecule has 4 heteroatoms. The van der Waals surface area contributed by atoms with E-state index in [1.165, 1.54) is 23.8 Å². The Labute approximate surface area is 142 Å². The van der Waals surface area contributed by atoms with E-state index in [-0.39, 0.29) is 11.3 Å². The van der Waals surface area contributed by atoms with Gasteiger partial charge in [-0.2, -0.15) is 5.26 Å². The summed E-state index contributed by atoms with van der Waals surface area (Å²) >= 11 is 0. The van der Waals surface area contributed by atoms with Gasteiger partial charge in [-0.25, -0.2) is 0 Å². The molecule has 1 atom stereocenters. The van der Waals surface area contributed by atoms with E-state index in [1.54, 1.807) is 12.1 Å². The summed E-state index contributed by atoms with van der Waals surface area (Å²) in [5.41, 5.74) is 2.43. The lowest BCUT2D eigenvalue weighted by atomic mass is 9.98. The van der Waals surface area contributed by atoms with Gasteiger partial charge in [-0.1, -0.05) is 38.1 Å². The first-order valence-electron chi connectivity index (χ1n) is 7.85. The summed E-state index contributed by atoms with van der Waals surface area (Å²) in [6, 6.07) is 15.9. The first kappa shape index (κ1) is 17.3. The summed E-state index contributed by atoms with van der Waals surface area (Å²) in [5, 5.41) is 21.4. The first-order valence-corrected chi connectivity index (χ1v) is 7.85. The first-order chi connectivity index (χ1) is 11.5. The SMILES string of the molecule is CCC(C)c1ccc(NC(=O)/C(C#N)=C/c2cccc(O)c2)cc1. The van der Waals surface area contributed by atoms with Crippen LogP contribution in [0.25, 0.3) is 6.08 Å². The van der Waals surface area contributed by atoms with Crippen molar-refractivity contribution in [3.8, 4) is 11.8 Å². The molecule has 0 bridgehead atoms. The van der Waals surface area contributed by atoms with Crippen LogP contribution in [0.2, 0.25) is 0 Å². The number of hydrogen-bond acceptors (Lipinski definition) is 3. The van der Waals surface area contributed by atoms with Crippen LogP contribution in [0, 0.1) is 11.3 Å². The largest absolute Gasteiger partial charge is 0.508 e. The summed E-state index contributed by atoms with van der Waals surface area (Å²) in [6.45, 7) is 4.28. The lowest BCUT2D eigenvalue weighted by molar-refractivity contribution is -0.112. The average molecular weight is 320 g/mol. The van der Waals surface area contributed by atoms with E-state index in [2.05, 4.69) is 19.2 Å². The van der Waals surface area contributed by atoms with Crippen LogP contribution in [0.4, 0.5) is 5.69 Å². The Bertz CT molecular complexity index is 786. The highest BCUT2D eigenvalue weighted by Crippen LogP contribution is 2.21. The fourth-order valence-electron chi connectivity index (χ4n) is 2.26. The van der Waals surface area contributed by atoms with Crippen molar-refractivity contribution in [1.82, 2.24) is 0 Å². The normalized spacial score (nSPS) is 12.3. The molecule has 0 saturated carbocycles. The lowest BCUT2D eigenvalue weighted by Gasteiger charge is -2.10. The standard InChI is InChI=1S/C20H20N2O2/c1-3-14(2)16-7-9-18(10-8-16)22-20(24)17(13-21)11-15-5-4-6-19(23)12-15/h4-12,14,23H,3H2,1-2H3,(H,22,24)/b17-11+. The summed E-state index contributed by atoms with van der Waals surface area (Å²) in [4.78, 5) is 12.2. The third-order valence-electron chi connectivity index (χ3n) is 3.90. The van der Waals surface area contributed by atoms with Gasteiger partial charge < -0.3 is 10.4 Å². The molecule has 4 nitrogen and oxygen atoms in total. The van der Waals surface area contributed by atoms with Gasteiger partial charge in [-0.3, -0.25) is 4.79 Å². The summed E-state index contributed by atoms with van der Waals surface area (Å²) < 4.78 is 0. The molecule has 0 saturated heterocycles. The van der Waals surface area contributed by atoms with E-state index in [0.29, 0.717) is 17.2 Å². The maximum Gasteiger partial charge on any atom is 0.266 e. The molecule has 0 radical (unpaired) electrons. The average Bonchev–Trinajstić information content (AvgIpc) is 2.59. The Morgan fingerprint density at radius 1 is 1.29 bits per heavy atom. The van der Waals surface area contributed by atoms with E-state index >= 15 is 0 Å². The fourth-order valence-corrected chi connectivity index (χ4v) is 2.26. The number of anilines is 1. The van der Waals surface area contributed by atoms with Gasteiger partial charge in [0.1, 0.15) is 17.4 Å². The Morgan fingerprint density at radius 2 is 2.00 bits per heavy atom. The van der Waals surface area contributed by atoms with E-state index in [9.17, 15) is 15.2 Å². The third kappa shape index (κ3) is 4.47. The highest BCUT2D eigenvalue weighted by Gasteiger charge is 2.10. The number of hydrogen-bond donors (Lipinski definition) is 2. The van der Waals surface area contributed by atoms with Crippen LogP contribution in [-0.2, 0) is 4.79 Å². The molecule has 0 aliphatic heterocycles. The van der Waals surface area contributed by atoms with Gasteiger partial charge >= 0.3 is 0 Å². The van der Waals surface area contributed by atoms with Crippen LogP contribution in [-0.4, -0.2) is 11.0 Å². The summed E-state index contributed by atoms with van der Waals surface area (Å²) in [6.07, 6.45) is 2.50. The van der Waals surface area contributed by atoms with E-state index < -0.39 is 5.91 Å². The third-order valence-corrected chi connectivity index (χ3v) is 3.90. The Kier molecular flexibility index (Phi) is 5.75. The second-order valence-corrected chi connectivity index (χ2v) is 5.65. The molecular weight excluding hydrogens is 300 g/mol.